The molecule has 1 N–H and O–H groups in total. The Kier molecular flexibility index (Phi) is 1.68. The van der Waals surface area contributed by atoms with Crippen LogP contribution in [0.3, 0.4) is 0 Å². The van der Waals surface area contributed by atoms with Crippen molar-refractivity contribution in [3.63, 3.8) is 0 Å². The first-order valence-electron chi connectivity index (χ1n) is 2.41. The lowest BCUT2D eigenvalue weighted by Gasteiger charge is -2.14. The van der Waals surface area contributed by atoms with Crippen molar-refractivity contribution in [3.05, 3.63) is 0 Å². The van der Waals surface area contributed by atoms with E-state index in [-0.39, 0.29) is 0 Å². The Bertz CT molecular complexity index is 212. The molecule has 7 heteroatoms. The summed E-state index contributed by atoms with van der Waals surface area (Å²) in [6, 6.07) is 0. The largest absolute Gasteiger partial charge is 0.366 e. The molecule has 62 valence electrons. The van der Waals surface area contributed by atoms with Crippen LogP contribution in [0.1, 0.15) is 0 Å². The smallest absolute Gasteiger partial charge is 0.334 e. The molecule has 0 atom stereocenters. The van der Waals surface area contributed by atoms with Crippen molar-refractivity contribution < 1.29 is 17.6 Å². The Balaban J connectivity index is 3.15. The quantitative estimate of drug-likeness (QED) is 0.473. The molecule has 1 rings (SSSR count). The lowest BCUT2D eigenvalue weighted by molar-refractivity contribution is -0.109. The molecule has 1 fully saturated rings. The van der Waals surface area contributed by atoms with Crippen LogP contribution in [0, 0.1) is 0 Å². The fourth-order valence-corrected chi connectivity index (χ4v) is 1.07. The molecule has 0 aliphatic carbocycles. The zero-order chi connectivity index (χ0) is 8.86. The number of hydrogen-bond acceptors (Lipinski definition) is 2. The molecule has 0 aromatic heterocycles. The minimum absolute atomic E-state index is 1.22. The fourth-order valence-electron chi connectivity index (χ4n) is 0.545. The first kappa shape index (κ1) is 8.79. The van der Waals surface area contributed by atoms with Gasteiger partial charge in [-0.3, -0.25) is 0 Å². The van der Waals surface area contributed by atoms with Crippen molar-refractivity contribution in [2.75, 3.05) is 0 Å². The predicted octanol–water partition coefficient (Wildman–Crippen LogP) is 1.51. The molecule has 0 aromatic carbocycles. The van der Waals surface area contributed by atoms with Crippen LogP contribution in [0.15, 0.2) is 0 Å². The highest BCUT2D eigenvalue weighted by atomic mass is 32.1. The summed E-state index contributed by atoms with van der Waals surface area (Å²) in [5, 5.41) is 1.56. The summed E-state index contributed by atoms with van der Waals surface area (Å²) in [6.07, 6.45) is 0. The van der Waals surface area contributed by atoms with Gasteiger partial charge >= 0.3 is 11.8 Å². The highest BCUT2D eigenvalue weighted by molar-refractivity contribution is 7.82. The second-order valence-electron chi connectivity index (χ2n) is 1.93. The molecule has 0 amide bonds. The maximum Gasteiger partial charge on any atom is 0.366 e. The molecule has 0 saturated carbocycles. The van der Waals surface area contributed by atoms with Gasteiger partial charge in [-0.15, -0.1) is 0 Å². The summed E-state index contributed by atoms with van der Waals surface area (Å²) in [7, 11) is 0. The van der Waals surface area contributed by atoms with E-state index in [1.54, 1.807) is 5.32 Å². The predicted molar refractivity (Wildman–Crippen MR) is 38.2 cm³/mol. The van der Waals surface area contributed by atoms with Crippen molar-refractivity contribution in [1.82, 2.24) is 5.32 Å². The van der Waals surface area contributed by atoms with E-state index in [1.807, 2.05) is 0 Å². The molecule has 0 aromatic rings. The Morgan fingerprint density at radius 3 is 1.27 bits per heavy atom. The Morgan fingerprint density at radius 2 is 1.18 bits per heavy atom. The van der Waals surface area contributed by atoms with Gasteiger partial charge in [-0.25, -0.2) is 0 Å². The molecule has 1 nitrogen and oxygen atoms in total. The van der Waals surface area contributed by atoms with E-state index in [9.17, 15) is 17.6 Å². The molecule has 0 unspecified atom stereocenters. The highest BCUT2D eigenvalue weighted by Crippen LogP contribution is 2.39. The van der Waals surface area contributed by atoms with Gasteiger partial charge in [0.15, 0.2) is 9.98 Å². The zero-order valence-corrected chi connectivity index (χ0v) is 6.46. The first-order chi connectivity index (χ1) is 4.80. The molecular weight excluding hydrogens is 202 g/mol. The van der Waals surface area contributed by atoms with Gasteiger partial charge in [0.05, 0.1) is 0 Å². The molecule has 1 aliphatic heterocycles. The maximum absolute atomic E-state index is 12.3. The monoisotopic (exact) mass is 203 g/mol. The van der Waals surface area contributed by atoms with Crippen LogP contribution in [0.2, 0.25) is 0 Å². The topological polar surface area (TPSA) is 12.0 Å². The van der Waals surface area contributed by atoms with Gasteiger partial charge in [0, 0.05) is 0 Å². The number of nitrogens with one attached hydrogen (secondary N) is 1. The summed E-state index contributed by atoms with van der Waals surface area (Å²) in [4.78, 5) is -2.43. The van der Waals surface area contributed by atoms with Crippen LogP contribution in [0.25, 0.3) is 0 Å². The van der Waals surface area contributed by atoms with Gasteiger partial charge in [-0.05, 0) is 0 Å². The van der Waals surface area contributed by atoms with Gasteiger partial charge in [-0.2, -0.15) is 17.6 Å². The van der Waals surface area contributed by atoms with E-state index in [0.29, 0.717) is 0 Å². The van der Waals surface area contributed by atoms with Crippen LogP contribution in [-0.4, -0.2) is 21.8 Å². The number of thiocarbonyl (C=S) groups is 2. The number of halogens is 4. The second-order valence-corrected chi connectivity index (χ2v) is 2.75. The van der Waals surface area contributed by atoms with E-state index in [1.165, 1.54) is 0 Å². The number of rotatable bonds is 0. The minimum atomic E-state index is -4.33. The van der Waals surface area contributed by atoms with E-state index in [0.717, 1.165) is 0 Å². The van der Waals surface area contributed by atoms with Crippen molar-refractivity contribution in [2.24, 2.45) is 0 Å². The lowest BCUT2D eigenvalue weighted by atomic mass is 10.2. The van der Waals surface area contributed by atoms with E-state index in [4.69, 9.17) is 0 Å². The third-order valence-corrected chi connectivity index (χ3v) is 1.91. The molecule has 0 radical (unpaired) electrons. The third kappa shape index (κ3) is 0.943. The molecule has 0 spiro atoms. The van der Waals surface area contributed by atoms with E-state index < -0.39 is 21.8 Å². The Labute approximate surface area is 69.8 Å². The Morgan fingerprint density at radius 1 is 0.909 bits per heavy atom. The summed E-state index contributed by atoms with van der Waals surface area (Å²) in [5.74, 6) is -8.67. The normalized spacial score (nSPS) is 26.9. The second kappa shape index (κ2) is 2.10. The average Bonchev–Trinajstić information content (AvgIpc) is 1.95. The van der Waals surface area contributed by atoms with Gasteiger partial charge in [0.25, 0.3) is 0 Å². The maximum atomic E-state index is 12.3. The molecule has 0 bridgehead atoms. The average molecular weight is 203 g/mol. The fraction of sp³-hybridized carbons (Fsp3) is 0.500. The van der Waals surface area contributed by atoms with Crippen molar-refractivity contribution in [3.8, 4) is 0 Å². The molecule has 1 saturated heterocycles. The molecule has 1 aliphatic rings. The van der Waals surface area contributed by atoms with Gasteiger partial charge < -0.3 is 5.32 Å². The molecular formula is C4HF4NS2. The standard InChI is InChI=1S/C4HF4NS2/c5-3(6)1(10)9-2(11)4(3,7)8/h(H,9,10,11). The van der Waals surface area contributed by atoms with Crippen molar-refractivity contribution >= 4 is 34.4 Å². The van der Waals surface area contributed by atoms with E-state index in [2.05, 4.69) is 24.4 Å². The summed E-state index contributed by atoms with van der Waals surface area (Å²) < 4.78 is 49.3. The van der Waals surface area contributed by atoms with Crippen LogP contribution in [-0.2, 0) is 0 Å². The van der Waals surface area contributed by atoms with Crippen LogP contribution < -0.4 is 5.32 Å². The zero-order valence-electron chi connectivity index (χ0n) is 4.83. The lowest BCUT2D eigenvalue weighted by Crippen LogP contribution is -2.42. The van der Waals surface area contributed by atoms with Gasteiger partial charge in [-0.1, -0.05) is 24.4 Å². The molecule has 11 heavy (non-hydrogen) atoms. The Hall–Kier alpha value is -0.300. The SMILES string of the molecule is FC1(F)C(=S)NC(=S)C1(F)F. The van der Waals surface area contributed by atoms with Gasteiger partial charge in [0.2, 0.25) is 0 Å². The van der Waals surface area contributed by atoms with Crippen LogP contribution in [0.5, 0.6) is 0 Å². The first-order valence-corrected chi connectivity index (χ1v) is 3.23. The summed E-state index contributed by atoms with van der Waals surface area (Å²) in [6.45, 7) is 0. The van der Waals surface area contributed by atoms with E-state index >= 15 is 0 Å². The highest BCUT2D eigenvalue weighted by Gasteiger charge is 2.67. The molecule has 1 heterocycles. The minimum Gasteiger partial charge on any atom is -0.334 e. The van der Waals surface area contributed by atoms with Crippen LogP contribution in [0.4, 0.5) is 17.6 Å². The van der Waals surface area contributed by atoms with Gasteiger partial charge in [0.1, 0.15) is 0 Å². The van der Waals surface area contributed by atoms with Crippen molar-refractivity contribution in [1.29, 1.82) is 0 Å². The summed E-state index contributed by atoms with van der Waals surface area (Å²) in [5.41, 5.74) is 0. The third-order valence-electron chi connectivity index (χ3n) is 1.19. The number of hydrogen-bond donors (Lipinski definition) is 1. The summed E-state index contributed by atoms with van der Waals surface area (Å²) >= 11 is 7.91. The number of alkyl halides is 4. The van der Waals surface area contributed by atoms with Crippen molar-refractivity contribution in [2.45, 2.75) is 11.8 Å². The van der Waals surface area contributed by atoms with Crippen LogP contribution >= 0.6 is 24.4 Å².